The maximum absolute atomic E-state index is 5.66. The van der Waals surface area contributed by atoms with Crippen molar-refractivity contribution in [3.63, 3.8) is 0 Å². The van der Waals surface area contributed by atoms with Crippen LogP contribution in [0.3, 0.4) is 0 Å². The van der Waals surface area contributed by atoms with Gasteiger partial charge < -0.3 is 19.8 Å². The Kier molecular flexibility index (Phi) is 7.00. The number of hydrogen-bond donors (Lipinski definition) is 2. The Balaban J connectivity index is 1.37. The molecule has 6 nitrogen and oxygen atoms in total. The van der Waals surface area contributed by atoms with E-state index in [9.17, 15) is 0 Å². The normalized spacial score (nSPS) is 11.4. The molecule has 2 N–H and O–H groups in total. The van der Waals surface area contributed by atoms with Crippen LogP contribution >= 0.6 is 0 Å². The molecule has 0 bridgehead atoms. The lowest BCUT2D eigenvalue weighted by Gasteiger charge is -2.11. The van der Waals surface area contributed by atoms with E-state index in [1.54, 1.807) is 13.3 Å². The Morgan fingerprint density at radius 1 is 1.04 bits per heavy atom. The molecule has 3 aromatic rings. The average molecular weight is 364 g/mol. The van der Waals surface area contributed by atoms with Crippen LogP contribution in [0.15, 0.2) is 76.3 Å². The van der Waals surface area contributed by atoms with Crippen LogP contribution in [-0.2, 0) is 17.9 Å². The predicted molar refractivity (Wildman–Crippen MR) is 106 cm³/mol. The first-order chi connectivity index (χ1) is 13.3. The third kappa shape index (κ3) is 5.97. The molecule has 0 atom stereocenters. The van der Waals surface area contributed by atoms with Crippen LogP contribution < -0.4 is 10.6 Å². The second-order valence-corrected chi connectivity index (χ2v) is 5.90. The van der Waals surface area contributed by atoms with Crippen molar-refractivity contribution in [2.45, 2.75) is 13.2 Å². The number of guanidine groups is 1. The third-order valence-electron chi connectivity index (χ3n) is 3.88. The van der Waals surface area contributed by atoms with Crippen molar-refractivity contribution < 1.29 is 9.15 Å². The van der Waals surface area contributed by atoms with E-state index in [2.05, 4.69) is 32.7 Å². The molecule has 0 spiro atoms. The van der Waals surface area contributed by atoms with Crippen LogP contribution in [0.1, 0.15) is 11.3 Å². The summed E-state index contributed by atoms with van der Waals surface area (Å²) in [6, 6.07) is 20.0. The van der Waals surface area contributed by atoms with E-state index in [4.69, 9.17) is 9.15 Å². The molecule has 6 heteroatoms. The summed E-state index contributed by atoms with van der Waals surface area (Å²) in [5.74, 6) is 1.31. The molecular weight excluding hydrogens is 340 g/mol. The summed E-state index contributed by atoms with van der Waals surface area (Å²) >= 11 is 0. The van der Waals surface area contributed by atoms with Gasteiger partial charge in [-0.05, 0) is 17.7 Å². The van der Waals surface area contributed by atoms with Gasteiger partial charge in [-0.15, -0.1) is 0 Å². The molecule has 0 aliphatic rings. The Hall–Kier alpha value is -3.12. The molecule has 2 aromatic carbocycles. The fraction of sp³-hybridized carbons (Fsp3) is 0.238. The summed E-state index contributed by atoms with van der Waals surface area (Å²) < 4.78 is 11.2. The van der Waals surface area contributed by atoms with E-state index >= 15 is 0 Å². The number of aromatic nitrogens is 1. The average Bonchev–Trinajstić information content (AvgIpc) is 3.20. The molecule has 0 saturated carbocycles. The topological polar surface area (TPSA) is 71.7 Å². The largest absolute Gasteiger partial charge is 0.444 e. The van der Waals surface area contributed by atoms with Gasteiger partial charge in [0.25, 0.3) is 0 Å². The van der Waals surface area contributed by atoms with Gasteiger partial charge in [-0.3, -0.25) is 4.99 Å². The molecule has 3 rings (SSSR count). The van der Waals surface area contributed by atoms with Gasteiger partial charge in [-0.1, -0.05) is 48.5 Å². The van der Waals surface area contributed by atoms with Crippen molar-refractivity contribution in [2.75, 3.05) is 20.2 Å². The first-order valence-corrected chi connectivity index (χ1v) is 8.91. The predicted octanol–water partition coefficient (Wildman–Crippen LogP) is 3.22. The van der Waals surface area contributed by atoms with Gasteiger partial charge in [-0.2, -0.15) is 0 Å². The molecular formula is C21H24N4O2. The number of nitrogens with one attached hydrogen (secondary N) is 2. The summed E-state index contributed by atoms with van der Waals surface area (Å²) in [5, 5.41) is 6.44. The van der Waals surface area contributed by atoms with Crippen molar-refractivity contribution in [3.05, 3.63) is 78.2 Å². The number of benzene rings is 2. The Bertz CT molecular complexity index is 832. The molecule has 0 saturated heterocycles. The Morgan fingerprint density at radius 2 is 1.78 bits per heavy atom. The molecule has 0 radical (unpaired) electrons. The summed E-state index contributed by atoms with van der Waals surface area (Å²) in [4.78, 5) is 8.70. The molecule has 140 valence electrons. The van der Waals surface area contributed by atoms with E-state index in [0.717, 1.165) is 11.3 Å². The highest BCUT2D eigenvalue weighted by Crippen LogP contribution is 2.17. The van der Waals surface area contributed by atoms with E-state index in [1.165, 1.54) is 5.56 Å². The molecule has 0 aliphatic carbocycles. The van der Waals surface area contributed by atoms with E-state index in [0.29, 0.717) is 38.2 Å². The summed E-state index contributed by atoms with van der Waals surface area (Å²) in [6.07, 6.45) is 1.66. The van der Waals surface area contributed by atoms with Crippen LogP contribution in [0.25, 0.3) is 11.5 Å². The molecule has 0 unspecified atom stereocenters. The third-order valence-corrected chi connectivity index (χ3v) is 3.88. The Labute approximate surface area is 159 Å². The van der Waals surface area contributed by atoms with Gasteiger partial charge in [0, 0.05) is 19.2 Å². The number of hydrogen-bond acceptors (Lipinski definition) is 4. The lowest BCUT2D eigenvalue weighted by atomic mass is 10.2. The molecule has 1 heterocycles. The van der Waals surface area contributed by atoms with Crippen LogP contribution in [0.4, 0.5) is 0 Å². The summed E-state index contributed by atoms with van der Waals surface area (Å²) in [5.41, 5.74) is 2.94. The molecule has 0 fully saturated rings. The van der Waals surface area contributed by atoms with Gasteiger partial charge in [0.05, 0.1) is 25.5 Å². The second kappa shape index (κ2) is 10.1. The number of oxazole rings is 1. The minimum atomic E-state index is 0.529. The quantitative estimate of drug-likeness (QED) is 0.365. The monoisotopic (exact) mass is 364 g/mol. The number of rotatable bonds is 8. The lowest BCUT2D eigenvalue weighted by Crippen LogP contribution is -2.38. The highest BCUT2D eigenvalue weighted by Gasteiger charge is 2.06. The van der Waals surface area contributed by atoms with Gasteiger partial charge in [-0.25, -0.2) is 4.98 Å². The second-order valence-electron chi connectivity index (χ2n) is 5.90. The van der Waals surface area contributed by atoms with Crippen molar-refractivity contribution in [2.24, 2.45) is 4.99 Å². The number of aliphatic imine (C=N–C) groups is 1. The van der Waals surface area contributed by atoms with Crippen molar-refractivity contribution in [1.29, 1.82) is 0 Å². The Morgan fingerprint density at radius 3 is 2.52 bits per heavy atom. The fourth-order valence-corrected chi connectivity index (χ4v) is 2.50. The maximum atomic E-state index is 5.66. The molecule has 0 amide bonds. The summed E-state index contributed by atoms with van der Waals surface area (Å²) in [7, 11) is 1.73. The standard InChI is InChI=1S/C21H24N4O2/c1-22-21(23-12-13-26-15-17-8-4-2-5-9-17)24-14-19-16-27-20(25-19)18-10-6-3-7-11-18/h2-11,16H,12-15H2,1H3,(H2,22,23,24). The molecule has 27 heavy (non-hydrogen) atoms. The van der Waals surface area contributed by atoms with Gasteiger partial charge >= 0.3 is 0 Å². The van der Waals surface area contributed by atoms with Crippen molar-refractivity contribution in [3.8, 4) is 11.5 Å². The van der Waals surface area contributed by atoms with Crippen LogP contribution in [-0.4, -0.2) is 31.1 Å². The number of nitrogens with zero attached hydrogens (tertiary/aromatic N) is 2. The smallest absolute Gasteiger partial charge is 0.226 e. The van der Waals surface area contributed by atoms with Crippen LogP contribution in [0.5, 0.6) is 0 Å². The molecule has 1 aromatic heterocycles. The zero-order valence-electron chi connectivity index (χ0n) is 15.4. The first kappa shape index (κ1) is 18.7. The van der Waals surface area contributed by atoms with Crippen LogP contribution in [0, 0.1) is 0 Å². The SMILES string of the molecule is CN=C(NCCOCc1ccccc1)NCc1coc(-c2ccccc2)n1. The van der Waals surface area contributed by atoms with Gasteiger partial charge in [0.15, 0.2) is 5.96 Å². The lowest BCUT2D eigenvalue weighted by molar-refractivity contribution is 0.125. The number of ether oxygens (including phenoxy) is 1. The minimum absolute atomic E-state index is 0.529. The zero-order chi connectivity index (χ0) is 18.7. The van der Waals surface area contributed by atoms with Gasteiger partial charge in [0.2, 0.25) is 5.89 Å². The van der Waals surface area contributed by atoms with Gasteiger partial charge in [0.1, 0.15) is 6.26 Å². The van der Waals surface area contributed by atoms with Crippen molar-refractivity contribution in [1.82, 2.24) is 15.6 Å². The highest BCUT2D eigenvalue weighted by molar-refractivity contribution is 5.79. The maximum Gasteiger partial charge on any atom is 0.226 e. The fourth-order valence-electron chi connectivity index (χ4n) is 2.50. The molecule has 0 aliphatic heterocycles. The van der Waals surface area contributed by atoms with Crippen LogP contribution in [0.2, 0.25) is 0 Å². The van der Waals surface area contributed by atoms with E-state index in [-0.39, 0.29) is 0 Å². The van der Waals surface area contributed by atoms with E-state index < -0.39 is 0 Å². The zero-order valence-corrected chi connectivity index (χ0v) is 15.4. The summed E-state index contributed by atoms with van der Waals surface area (Å²) in [6.45, 7) is 2.40. The first-order valence-electron chi connectivity index (χ1n) is 8.91. The highest BCUT2D eigenvalue weighted by atomic mass is 16.5. The van der Waals surface area contributed by atoms with Crippen molar-refractivity contribution >= 4 is 5.96 Å². The minimum Gasteiger partial charge on any atom is -0.444 e. The van der Waals surface area contributed by atoms with E-state index in [1.807, 2.05) is 48.5 Å².